The van der Waals surface area contributed by atoms with Crippen molar-refractivity contribution in [1.82, 2.24) is 9.97 Å². The van der Waals surface area contributed by atoms with E-state index in [1.165, 1.54) is 7.11 Å². The third-order valence-electron chi connectivity index (χ3n) is 5.25. The normalized spacial score (nSPS) is 18.6. The van der Waals surface area contributed by atoms with Crippen LogP contribution in [-0.4, -0.2) is 42.0 Å². The second-order valence-electron chi connectivity index (χ2n) is 7.23. The molecule has 4 rings (SSSR count). The number of H-pyrrole nitrogens is 1. The van der Waals surface area contributed by atoms with Crippen LogP contribution in [0.5, 0.6) is 5.75 Å². The lowest BCUT2D eigenvalue weighted by Crippen LogP contribution is -2.38. The van der Waals surface area contributed by atoms with Gasteiger partial charge in [0.25, 0.3) is 5.56 Å². The second kappa shape index (κ2) is 7.94. The van der Waals surface area contributed by atoms with Gasteiger partial charge in [-0.3, -0.25) is 19.4 Å². The first-order valence-electron chi connectivity index (χ1n) is 9.69. The minimum absolute atomic E-state index is 0.114. The van der Waals surface area contributed by atoms with Gasteiger partial charge < -0.3 is 20.3 Å². The maximum atomic E-state index is 12.9. The summed E-state index contributed by atoms with van der Waals surface area (Å²) in [4.78, 5) is 47.2. The number of hydrogen-bond donors (Lipinski definition) is 3. The first-order chi connectivity index (χ1) is 14.0. The SMILES string of the molecule is COc1cccc(NC(=O)[C@H]2CC(=O)Nc3nc(N4CCCCC4)[nH]c(=O)c32)c1. The van der Waals surface area contributed by atoms with E-state index in [-0.39, 0.29) is 23.7 Å². The molecule has 1 fully saturated rings. The maximum Gasteiger partial charge on any atom is 0.258 e. The lowest BCUT2D eigenvalue weighted by molar-refractivity contribution is -0.123. The Morgan fingerprint density at radius 3 is 2.79 bits per heavy atom. The Labute approximate surface area is 167 Å². The molecule has 1 saturated heterocycles. The highest BCUT2D eigenvalue weighted by Gasteiger charge is 2.35. The van der Waals surface area contributed by atoms with E-state index < -0.39 is 17.4 Å². The van der Waals surface area contributed by atoms with Crippen LogP contribution in [0.3, 0.4) is 0 Å². The number of aromatic nitrogens is 2. The summed E-state index contributed by atoms with van der Waals surface area (Å²) in [6, 6.07) is 6.89. The van der Waals surface area contributed by atoms with Crippen LogP contribution in [0.25, 0.3) is 0 Å². The average molecular weight is 397 g/mol. The molecule has 1 aromatic carbocycles. The quantitative estimate of drug-likeness (QED) is 0.725. The number of nitrogens with one attached hydrogen (secondary N) is 3. The van der Waals surface area contributed by atoms with Crippen LogP contribution in [0.4, 0.5) is 17.5 Å². The summed E-state index contributed by atoms with van der Waals surface area (Å²) in [5.41, 5.74) is 0.309. The molecular weight excluding hydrogens is 374 g/mol. The molecule has 152 valence electrons. The van der Waals surface area contributed by atoms with E-state index in [9.17, 15) is 14.4 Å². The summed E-state index contributed by atoms with van der Waals surface area (Å²) in [5, 5.41) is 5.41. The molecule has 9 nitrogen and oxygen atoms in total. The number of benzene rings is 1. The van der Waals surface area contributed by atoms with Crippen LogP contribution in [0.15, 0.2) is 29.1 Å². The van der Waals surface area contributed by atoms with E-state index in [4.69, 9.17) is 4.74 Å². The van der Waals surface area contributed by atoms with E-state index in [1.807, 2.05) is 4.90 Å². The van der Waals surface area contributed by atoms with Crippen molar-refractivity contribution in [1.29, 1.82) is 0 Å². The fourth-order valence-electron chi connectivity index (χ4n) is 3.77. The Hall–Kier alpha value is -3.36. The van der Waals surface area contributed by atoms with Gasteiger partial charge >= 0.3 is 0 Å². The highest BCUT2D eigenvalue weighted by atomic mass is 16.5. The van der Waals surface area contributed by atoms with Gasteiger partial charge in [-0.05, 0) is 31.4 Å². The van der Waals surface area contributed by atoms with Crippen LogP contribution < -0.4 is 25.8 Å². The Morgan fingerprint density at radius 2 is 2.03 bits per heavy atom. The topological polar surface area (TPSA) is 116 Å². The van der Waals surface area contributed by atoms with Crippen molar-refractivity contribution in [2.45, 2.75) is 31.6 Å². The van der Waals surface area contributed by atoms with Gasteiger partial charge in [-0.15, -0.1) is 0 Å². The summed E-state index contributed by atoms with van der Waals surface area (Å²) in [6.07, 6.45) is 3.09. The third-order valence-corrected chi connectivity index (χ3v) is 5.25. The molecular formula is C20H23N5O4. The summed E-state index contributed by atoms with van der Waals surface area (Å²) >= 11 is 0. The number of aromatic amines is 1. The molecule has 1 atom stereocenters. The van der Waals surface area contributed by atoms with Gasteiger partial charge in [-0.2, -0.15) is 4.98 Å². The molecule has 2 aliphatic heterocycles. The summed E-state index contributed by atoms with van der Waals surface area (Å²) in [7, 11) is 1.54. The molecule has 3 N–H and O–H groups in total. The van der Waals surface area contributed by atoms with Crippen molar-refractivity contribution in [3.63, 3.8) is 0 Å². The number of carbonyl (C=O) groups excluding carboxylic acids is 2. The molecule has 3 heterocycles. The summed E-state index contributed by atoms with van der Waals surface area (Å²) in [6.45, 7) is 1.60. The molecule has 0 spiro atoms. The highest BCUT2D eigenvalue weighted by Crippen LogP contribution is 2.31. The number of amides is 2. The number of fused-ring (bicyclic) bond motifs is 1. The first kappa shape index (κ1) is 19.0. The van der Waals surface area contributed by atoms with Crippen LogP contribution >= 0.6 is 0 Å². The van der Waals surface area contributed by atoms with Gasteiger partial charge in [0, 0.05) is 31.3 Å². The largest absolute Gasteiger partial charge is 0.497 e. The van der Waals surface area contributed by atoms with E-state index in [0.717, 1.165) is 32.4 Å². The molecule has 2 amide bonds. The van der Waals surface area contributed by atoms with Crippen molar-refractivity contribution in [2.24, 2.45) is 0 Å². The number of piperidine rings is 1. The lowest BCUT2D eigenvalue weighted by atomic mass is 9.92. The van der Waals surface area contributed by atoms with Crippen molar-refractivity contribution in [3.8, 4) is 5.75 Å². The zero-order valence-corrected chi connectivity index (χ0v) is 16.2. The van der Waals surface area contributed by atoms with E-state index in [0.29, 0.717) is 17.4 Å². The predicted molar refractivity (Wildman–Crippen MR) is 109 cm³/mol. The third kappa shape index (κ3) is 3.94. The number of anilines is 3. The van der Waals surface area contributed by atoms with Gasteiger partial charge in [0.05, 0.1) is 18.6 Å². The van der Waals surface area contributed by atoms with Gasteiger partial charge in [0.15, 0.2) is 0 Å². The molecule has 0 bridgehead atoms. The number of rotatable bonds is 4. The summed E-state index contributed by atoms with van der Waals surface area (Å²) < 4.78 is 5.16. The highest BCUT2D eigenvalue weighted by molar-refractivity contribution is 6.04. The fourth-order valence-corrected chi connectivity index (χ4v) is 3.77. The molecule has 0 aliphatic carbocycles. The maximum absolute atomic E-state index is 12.9. The van der Waals surface area contributed by atoms with E-state index in [2.05, 4.69) is 20.6 Å². The lowest BCUT2D eigenvalue weighted by Gasteiger charge is -2.29. The minimum Gasteiger partial charge on any atom is -0.497 e. The molecule has 1 aromatic heterocycles. The standard InChI is InChI=1S/C20H23N5O4/c1-29-13-7-5-6-12(10-13)21-18(27)14-11-15(26)22-17-16(14)19(28)24-20(23-17)25-8-3-2-4-9-25/h5-7,10,14H,2-4,8-9,11H2,1H3,(H,21,27)(H2,22,23,24,26,28)/t14-/m0/s1. The smallest absolute Gasteiger partial charge is 0.258 e. The first-order valence-corrected chi connectivity index (χ1v) is 9.69. The molecule has 0 saturated carbocycles. The van der Waals surface area contributed by atoms with Gasteiger partial charge in [0.1, 0.15) is 11.6 Å². The molecule has 9 heteroatoms. The van der Waals surface area contributed by atoms with Crippen LogP contribution in [0.2, 0.25) is 0 Å². The number of ether oxygens (including phenoxy) is 1. The average Bonchev–Trinajstić information content (AvgIpc) is 2.73. The Balaban J connectivity index is 1.63. The minimum atomic E-state index is -0.920. The molecule has 2 aromatic rings. The monoisotopic (exact) mass is 397 g/mol. The fraction of sp³-hybridized carbons (Fsp3) is 0.400. The zero-order valence-electron chi connectivity index (χ0n) is 16.2. The number of hydrogen-bond acceptors (Lipinski definition) is 6. The van der Waals surface area contributed by atoms with Gasteiger partial charge in [-0.25, -0.2) is 0 Å². The van der Waals surface area contributed by atoms with Crippen LogP contribution in [0.1, 0.15) is 37.2 Å². The molecule has 29 heavy (non-hydrogen) atoms. The van der Waals surface area contributed by atoms with Gasteiger partial charge in [-0.1, -0.05) is 6.07 Å². The van der Waals surface area contributed by atoms with Crippen molar-refractivity contribution >= 4 is 29.3 Å². The molecule has 2 aliphatic rings. The Kier molecular flexibility index (Phi) is 5.20. The predicted octanol–water partition coefficient (Wildman–Crippen LogP) is 1.83. The summed E-state index contributed by atoms with van der Waals surface area (Å²) in [5.74, 6) is -0.510. The van der Waals surface area contributed by atoms with E-state index >= 15 is 0 Å². The molecule has 0 radical (unpaired) electrons. The number of carbonyl (C=O) groups is 2. The van der Waals surface area contributed by atoms with Crippen molar-refractivity contribution in [2.75, 3.05) is 35.7 Å². The number of nitrogens with zero attached hydrogens (tertiary/aromatic N) is 2. The van der Waals surface area contributed by atoms with Crippen molar-refractivity contribution < 1.29 is 14.3 Å². The Morgan fingerprint density at radius 1 is 1.24 bits per heavy atom. The van der Waals surface area contributed by atoms with Crippen LogP contribution in [-0.2, 0) is 9.59 Å². The zero-order chi connectivity index (χ0) is 20.4. The van der Waals surface area contributed by atoms with Gasteiger partial charge in [0.2, 0.25) is 17.8 Å². The molecule has 0 unspecified atom stereocenters. The Bertz CT molecular complexity index is 997. The van der Waals surface area contributed by atoms with Crippen molar-refractivity contribution in [3.05, 3.63) is 40.2 Å². The van der Waals surface area contributed by atoms with E-state index in [1.54, 1.807) is 24.3 Å². The second-order valence-corrected chi connectivity index (χ2v) is 7.23. The van der Waals surface area contributed by atoms with Crippen LogP contribution in [0, 0.1) is 0 Å². The number of methoxy groups -OCH3 is 1.